The van der Waals surface area contributed by atoms with Gasteiger partial charge in [-0.1, -0.05) is 6.07 Å². The van der Waals surface area contributed by atoms with Gasteiger partial charge in [0.05, 0.1) is 5.41 Å². The molecule has 0 spiro atoms. The number of nitrogens with one attached hydrogen (secondary N) is 2. The fourth-order valence-electron chi connectivity index (χ4n) is 1.39. The third-order valence-corrected chi connectivity index (χ3v) is 2.32. The Labute approximate surface area is 95.0 Å². The monoisotopic (exact) mass is 224 g/mol. The molecular weight excluding hydrogens is 207 g/mol. The normalized spacial score (nSPS) is 11.2. The second kappa shape index (κ2) is 5.07. The summed E-state index contributed by atoms with van der Waals surface area (Å²) in [6, 6.07) is 5.87. The van der Waals surface area contributed by atoms with E-state index in [1.165, 1.54) is 12.1 Å². The summed E-state index contributed by atoms with van der Waals surface area (Å²) in [6.07, 6.45) is 0. The van der Waals surface area contributed by atoms with Crippen molar-refractivity contribution in [1.29, 1.82) is 0 Å². The van der Waals surface area contributed by atoms with E-state index in [1.54, 1.807) is 19.2 Å². The van der Waals surface area contributed by atoms with E-state index in [0.29, 0.717) is 12.2 Å². The molecule has 3 nitrogen and oxygen atoms in total. The number of anilines is 1. The van der Waals surface area contributed by atoms with Gasteiger partial charge in [-0.2, -0.15) is 0 Å². The molecule has 1 rings (SSSR count). The molecule has 0 fully saturated rings. The first-order valence-electron chi connectivity index (χ1n) is 5.17. The number of carbonyl (C=O) groups excluding carboxylic acids is 1. The Morgan fingerprint density at radius 2 is 2.12 bits per heavy atom. The lowest BCUT2D eigenvalue weighted by Gasteiger charge is -2.23. The molecule has 0 saturated carbocycles. The standard InChI is InChI=1S/C12H17FN2O/c1-12(2,8-14-3)11(16)15-10-6-4-5-9(13)7-10/h4-7,14H,8H2,1-3H3,(H,15,16). The molecule has 1 aromatic carbocycles. The molecule has 2 N–H and O–H groups in total. The Bertz CT molecular complexity index is 377. The molecule has 0 atom stereocenters. The highest BCUT2D eigenvalue weighted by atomic mass is 19.1. The molecule has 4 heteroatoms. The van der Waals surface area contributed by atoms with E-state index in [4.69, 9.17) is 0 Å². The summed E-state index contributed by atoms with van der Waals surface area (Å²) >= 11 is 0. The van der Waals surface area contributed by atoms with Gasteiger partial charge in [-0.25, -0.2) is 4.39 Å². The average Bonchev–Trinajstić information content (AvgIpc) is 2.17. The number of rotatable bonds is 4. The van der Waals surface area contributed by atoms with Crippen LogP contribution in [0, 0.1) is 11.2 Å². The minimum Gasteiger partial charge on any atom is -0.325 e. The van der Waals surface area contributed by atoms with Crippen LogP contribution in [0.1, 0.15) is 13.8 Å². The first-order valence-corrected chi connectivity index (χ1v) is 5.17. The van der Waals surface area contributed by atoms with Crippen LogP contribution in [0.2, 0.25) is 0 Å². The molecule has 1 aromatic rings. The molecule has 0 heterocycles. The third-order valence-electron chi connectivity index (χ3n) is 2.32. The molecule has 0 radical (unpaired) electrons. The minimum absolute atomic E-state index is 0.132. The van der Waals surface area contributed by atoms with Gasteiger partial charge in [0.25, 0.3) is 0 Å². The fourth-order valence-corrected chi connectivity index (χ4v) is 1.39. The van der Waals surface area contributed by atoms with Crippen molar-refractivity contribution in [3.05, 3.63) is 30.1 Å². The highest BCUT2D eigenvalue weighted by molar-refractivity contribution is 5.94. The predicted octanol–water partition coefficient (Wildman–Crippen LogP) is 2.01. The highest BCUT2D eigenvalue weighted by Gasteiger charge is 2.26. The Morgan fingerprint density at radius 1 is 1.44 bits per heavy atom. The van der Waals surface area contributed by atoms with E-state index < -0.39 is 5.41 Å². The van der Waals surface area contributed by atoms with Crippen LogP contribution in [-0.4, -0.2) is 19.5 Å². The van der Waals surface area contributed by atoms with Gasteiger partial charge in [0.1, 0.15) is 5.82 Å². The van der Waals surface area contributed by atoms with Crippen LogP contribution in [0.15, 0.2) is 24.3 Å². The predicted molar refractivity (Wildman–Crippen MR) is 62.7 cm³/mol. The first kappa shape index (κ1) is 12.6. The van der Waals surface area contributed by atoms with Crippen molar-refractivity contribution in [1.82, 2.24) is 5.32 Å². The first-order chi connectivity index (χ1) is 7.45. The zero-order valence-electron chi connectivity index (χ0n) is 9.80. The number of halogens is 1. The van der Waals surface area contributed by atoms with E-state index >= 15 is 0 Å². The highest BCUT2D eigenvalue weighted by Crippen LogP contribution is 2.18. The molecule has 0 aliphatic rings. The van der Waals surface area contributed by atoms with Crippen molar-refractivity contribution >= 4 is 11.6 Å². The van der Waals surface area contributed by atoms with Gasteiger partial charge in [0.2, 0.25) is 5.91 Å². The van der Waals surface area contributed by atoms with Gasteiger partial charge >= 0.3 is 0 Å². The minimum atomic E-state index is -0.527. The van der Waals surface area contributed by atoms with Crippen molar-refractivity contribution in [2.45, 2.75) is 13.8 Å². The van der Waals surface area contributed by atoms with Crippen LogP contribution in [0.25, 0.3) is 0 Å². The van der Waals surface area contributed by atoms with Gasteiger partial charge in [-0.05, 0) is 39.1 Å². The van der Waals surface area contributed by atoms with Crippen molar-refractivity contribution < 1.29 is 9.18 Å². The number of benzene rings is 1. The van der Waals surface area contributed by atoms with E-state index in [2.05, 4.69) is 10.6 Å². The molecule has 16 heavy (non-hydrogen) atoms. The second-order valence-electron chi connectivity index (χ2n) is 4.38. The summed E-state index contributed by atoms with van der Waals surface area (Å²) in [7, 11) is 1.79. The summed E-state index contributed by atoms with van der Waals surface area (Å²) in [5.74, 6) is -0.489. The Hall–Kier alpha value is -1.42. The fraction of sp³-hybridized carbons (Fsp3) is 0.417. The average molecular weight is 224 g/mol. The van der Waals surface area contributed by atoms with Crippen LogP contribution in [-0.2, 0) is 4.79 Å². The Kier molecular flexibility index (Phi) is 4.01. The lowest BCUT2D eigenvalue weighted by atomic mass is 9.92. The number of amides is 1. The van der Waals surface area contributed by atoms with Crippen LogP contribution >= 0.6 is 0 Å². The topological polar surface area (TPSA) is 41.1 Å². The lowest BCUT2D eigenvalue weighted by Crippen LogP contribution is -2.38. The van der Waals surface area contributed by atoms with Crippen LogP contribution in [0.4, 0.5) is 10.1 Å². The molecule has 0 aliphatic carbocycles. The SMILES string of the molecule is CNCC(C)(C)C(=O)Nc1cccc(F)c1. The molecule has 88 valence electrons. The summed E-state index contributed by atoms with van der Waals surface area (Å²) in [6.45, 7) is 4.23. The number of hydrogen-bond acceptors (Lipinski definition) is 2. The largest absolute Gasteiger partial charge is 0.325 e. The summed E-state index contributed by atoms with van der Waals surface area (Å²) < 4.78 is 12.9. The summed E-state index contributed by atoms with van der Waals surface area (Å²) in [4.78, 5) is 11.9. The second-order valence-corrected chi connectivity index (χ2v) is 4.38. The number of hydrogen-bond donors (Lipinski definition) is 2. The van der Waals surface area contributed by atoms with E-state index in [1.807, 2.05) is 13.8 Å². The third kappa shape index (κ3) is 3.31. The van der Waals surface area contributed by atoms with Gasteiger partial charge < -0.3 is 10.6 Å². The molecule has 0 aromatic heterocycles. The molecule has 0 aliphatic heterocycles. The van der Waals surface area contributed by atoms with Crippen molar-refractivity contribution in [2.24, 2.45) is 5.41 Å². The zero-order chi connectivity index (χ0) is 12.2. The van der Waals surface area contributed by atoms with E-state index in [9.17, 15) is 9.18 Å². The summed E-state index contributed by atoms with van der Waals surface area (Å²) in [5.41, 5.74) is -0.0460. The molecule has 0 saturated heterocycles. The summed E-state index contributed by atoms with van der Waals surface area (Å²) in [5, 5.41) is 5.64. The van der Waals surface area contributed by atoms with E-state index in [-0.39, 0.29) is 11.7 Å². The van der Waals surface area contributed by atoms with Crippen LogP contribution in [0.5, 0.6) is 0 Å². The maximum atomic E-state index is 12.9. The van der Waals surface area contributed by atoms with Gasteiger partial charge in [-0.15, -0.1) is 0 Å². The molecule has 0 unspecified atom stereocenters. The Morgan fingerprint density at radius 3 is 2.69 bits per heavy atom. The maximum absolute atomic E-state index is 12.9. The lowest BCUT2D eigenvalue weighted by molar-refractivity contribution is -0.123. The van der Waals surface area contributed by atoms with Crippen LogP contribution in [0.3, 0.4) is 0 Å². The quantitative estimate of drug-likeness (QED) is 0.821. The van der Waals surface area contributed by atoms with Crippen molar-refractivity contribution in [3.8, 4) is 0 Å². The van der Waals surface area contributed by atoms with E-state index in [0.717, 1.165) is 0 Å². The number of carbonyl (C=O) groups is 1. The maximum Gasteiger partial charge on any atom is 0.231 e. The Balaban J connectivity index is 2.71. The van der Waals surface area contributed by atoms with Crippen LogP contribution < -0.4 is 10.6 Å². The molecule has 0 bridgehead atoms. The van der Waals surface area contributed by atoms with Gasteiger partial charge in [0.15, 0.2) is 0 Å². The zero-order valence-corrected chi connectivity index (χ0v) is 9.80. The van der Waals surface area contributed by atoms with Gasteiger partial charge in [0, 0.05) is 12.2 Å². The smallest absolute Gasteiger partial charge is 0.231 e. The van der Waals surface area contributed by atoms with Crippen molar-refractivity contribution in [3.63, 3.8) is 0 Å². The molecule has 1 amide bonds. The molecular formula is C12H17FN2O. The van der Waals surface area contributed by atoms with Gasteiger partial charge in [-0.3, -0.25) is 4.79 Å². The van der Waals surface area contributed by atoms with Crippen molar-refractivity contribution in [2.75, 3.05) is 18.9 Å².